The topological polar surface area (TPSA) is 99.8 Å². The average molecular weight is 471 g/mol. The number of anilines is 1. The zero-order chi connectivity index (χ0) is 23.7. The maximum atomic E-state index is 13.5. The first kappa shape index (κ1) is 22.9. The van der Waals surface area contributed by atoms with Crippen LogP contribution in [0.3, 0.4) is 0 Å². The Kier molecular flexibility index (Phi) is 6.47. The highest BCUT2D eigenvalue weighted by Crippen LogP contribution is 2.36. The number of ether oxygens (including phenoxy) is 1. The highest BCUT2D eigenvalue weighted by molar-refractivity contribution is 6.31. The minimum absolute atomic E-state index is 0.00895. The second kappa shape index (κ2) is 9.31. The predicted molar refractivity (Wildman–Crippen MR) is 127 cm³/mol. The molecule has 0 aromatic heterocycles. The fourth-order valence-electron chi connectivity index (χ4n) is 4.35. The first-order valence-corrected chi connectivity index (χ1v) is 11.3. The number of rotatable bonds is 4. The third-order valence-corrected chi connectivity index (χ3v) is 6.14. The molecule has 0 spiro atoms. The van der Waals surface area contributed by atoms with Crippen molar-refractivity contribution < 1.29 is 19.1 Å². The zero-order valence-electron chi connectivity index (χ0n) is 18.8. The van der Waals surface area contributed by atoms with E-state index in [1.807, 2.05) is 19.9 Å². The van der Waals surface area contributed by atoms with Crippen LogP contribution >= 0.6 is 11.6 Å². The lowest BCUT2D eigenvalue weighted by Gasteiger charge is -2.37. The summed E-state index contributed by atoms with van der Waals surface area (Å²) in [6.07, 6.45) is 0.921. The van der Waals surface area contributed by atoms with Crippen molar-refractivity contribution in [3.63, 3.8) is 0 Å². The van der Waals surface area contributed by atoms with E-state index >= 15 is 0 Å². The number of benzene rings is 2. The fourth-order valence-corrected chi connectivity index (χ4v) is 4.52. The molecule has 2 aliphatic heterocycles. The van der Waals surface area contributed by atoms with Crippen molar-refractivity contribution in [2.45, 2.75) is 44.8 Å². The number of urea groups is 1. The molecule has 2 atom stereocenters. The van der Waals surface area contributed by atoms with Crippen LogP contribution in [-0.2, 0) is 4.79 Å². The molecule has 0 unspecified atom stereocenters. The van der Waals surface area contributed by atoms with Crippen molar-refractivity contribution in [3.05, 3.63) is 47.0 Å². The van der Waals surface area contributed by atoms with Gasteiger partial charge < -0.3 is 25.6 Å². The fraction of sp³-hybridized carbons (Fsp3) is 0.375. The van der Waals surface area contributed by atoms with Gasteiger partial charge in [-0.1, -0.05) is 17.7 Å². The van der Waals surface area contributed by atoms with Crippen molar-refractivity contribution in [2.24, 2.45) is 0 Å². The number of hydrogen-bond donors (Lipinski definition) is 3. The Morgan fingerprint density at radius 1 is 1.18 bits per heavy atom. The Morgan fingerprint density at radius 2 is 1.97 bits per heavy atom. The van der Waals surface area contributed by atoms with Gasteiger partial charge in [-0.2, -0.15) is 0 Å². The van der Waals surface area contributed by atoms with Gasteiger partial charge in [-0.25, -0.2) is 4.79 Å². The molecule has 2 aliphatic rings. The quantitative estimate of drug-likeness (QED) is 0.635. The van der Waals surface area contributed by atoms with Crippen LogP contribution in [0.15, 0.2) is 36.4 Å². The molecular formula is C24H27ClN4O4. The zero-order valence-corrected chi connectivity index (χ0v) is 19.5. The number of carbonyl (C=O) groups is 3. The number of nitrogens with one attached hydrogen (secondary N) is 3. The summed E-state index contributed by atoms with van der Waals surface area (Å²) in [5.74, 6) is 0.154. The lowest BCUT2D eigenvalue weighted by atomic mass is 9.96. The number of piperidine rings is 1. The molecule has 1 saturated heterocycles. The number of carbonyl (C=O) groups excluding carboxylic acids is 3. The standard InChI is InChI=1S/C24H27ClN4O4/c1-13(2)26-24(32)27-16-8-9-29-20(12-16)22(30)28-19-6-4-14(10-18(19)23(29)31)17-11-15(25)5-7-21(17)33-3/h4-7,10-11,13,16,20H,8-9,12H2,1-3H3,(H,28,30)(H2,26,27,32)/t16-,20+/m1/s1. The Morgan fingerprint density at radius 3 is 2.70 bits per heavy atom. The molecule has 9 heteroatoms. The van der Waals surface area contributed by atoms with E-state index in [-0.39, 0.29) is 29.9 Å². The van der Waals surface area contributed by atoms with Gasteiger partial charge >= 0.3 is 6.03 Å². The van der Waals surface area contributed by atoms with Crippen LogP contribution in [0.2, 0.25) is 5.02 Å². The number of methoxy groups -OCH3 is 1. The predicted octanol–water partition coefficient (Wildman–Crippen LogP) is 3.65. The molecule has 8 nitrogen and oxygen atoms in total. The minimum Gasteiger partial charge on any atom is -0.496 e. The van der Waals surface area contributed by atoms with Crippen molar-refractivity contribution in [1.29, 1.82) is 0 Å². The molecule has 4 rings (SSSR count). The minimum atomic E-state index is -0.660. The third-order valence-electron chi connectivity index (χ3n) is 5.90. The molecule has 2 heterocycles. The van der Waals surface area contributed by atoms with Crippen molar-refractivity contribution in [2.75, 3.05) is 19.0 Å². The number of nitrogens with zero attached hydrogens (tertiary/aromatic N) is 1. The first-order valence-electron chi connectivity index (χ1n) is 10.9. The van der Waals surface area contributed by atoms with E-state index in [2.05, 4.69) is 16.0 Å². The van der Waals surface area contributed by atoms with Crippen LogP contribution in [0.25, 0.3) is 11.1 Å². The second-order valence-electron chi connectivity index (χ2n) is 8.60. The smallest absolute Gasteiger partial charge is 0.315 e. The first-order chi connectivity index (χ1) is 15.8. The van der Waals surface area contributed by atoms with E-state index in [9.17, 15) is 14.4 Å². The third kappa shape index (κ3) is 4.75. The van der Waals surface area contributed by atoms with Crippen molar-refractivity contribution in [1.82, 2.24) is 15.5 Å². The van der Waals surface area contributed by atoms with E-state index in [0.717, 1.165) is 11.1 Å². The summed E-state index contributed by atoms with van der Waals surface area (Å²) in [6.45, 7) is 4.13. The van der Waals surface area contributed by atoms with Crippen molar-refractivity contribution >= 4 is 35.1 Å². The molecule has 2 aromatic rings. The lowest BCUT2D eigenvalue weighted by molar-refractivity contribution is -0.121. The average Bonchev–Trinajstić information content (AvgIpc) is 2.87. The van der Waals surface area contributed by atoms with Crippen LogP contribution in [0.4, 0.5) is 10.5 Å². The second-order valence-corrected chi connectivity index (χ2v) is 9.04. The van der Waals surface area contributed by atoms with E-state index in [1.54, 1.807) is 42.3 Å². The maximum Gasteiger partial charge on any atom is 0.315 e. The Balaban J connectivity index is 1.60. The number of halogens is 1. The summed E-state index contributed by atoms with van der Waals surface area (Å²) >= 11 is 6.19. The lowest BCUT2D eigenvalue weighted by Crippen LogP contribution is -2.56. The maximum absolute atomic E-state index is 13.5. The molecule has 0 bridgehead atoms. The SMILES string of the molecule is COc1ccc(Cl)cc1-c1ccc2c(c1)C(=O)N1CC[C@@H](NC(=O)NC(C)C)C[C@H]1C(=O)N2. The monoisotopic (exact) mass is 470 g/mol. The number of fused-ring (bicyclic) bond motifs is 2. The highest BCUT2D eigenvalue weighted by Gasteiger charge is 2.40. The van der Waals surface area contributed by atoms with Gasteiger partial charge in [-0.3, -0.25) is 9.59 Å². The van der Waals surface area contributed by atoms with Gasteiger partial charge in [0, 0.05) is 29.2 Å². The molecule has 4 amide bonds. The largest absolute Gasteiger partial charge is 0.496 e. The molecule has 33 heavy (non-hydrogen) atoms. The summed E-state index contributed by atoms with van der Waals surface area (Å²) in [5, 5.41) is 9.15. The Bertz CT molecular complexity index is 1100. The molecule has 3 N–H and O–H groups in total. The van der Waals surface area contributed by atoms with Crippen LogP contribution in [-0.4, -0.2) is 54.5 Å². The van der Waals surface area contributed by atoms with Crippen molar-refractivity contribution in [3.8, 4) is 16.9 Å². The van der Waals surface area contributed by atoms with Gasteiger partial charge in [0.1, 0.15) is 11.8 Å². The molecule has 174 valence electrons. The Labute approximate surface area is 197 Å². The van der Waals surface area contributed by atoms with E-state index in [0.29, 0.717) is 41.4 Å². The van der Waals surface area contributed by atoms with Gasteiger partial charge in [0.25, 0.3) is 5.91 Å². The molecule has 1 fully saturated rings. The van der Waals surface area contributed by atoms with E-state index < -0.39 is 6.04 Å². The highest BCUT2D eigenvalue weighted by atomic mass is 35.5. The molecule has 0 saturated carbocycles. The van der Waals surface area contributed by atoms with Crippen LogP contribution in [0, 0.1) is 0 Å². The normalized spacial score (nSPS) is 19.8. The molecule has 0 aliphatic carbocycles. The summed E-state index contributed by atoms with van der Waals surface area (Å²) in [6, 6.07) is 9.49. The summed E-state index contributed by atoms with van der Waals surface area (Å²) in [4.78, 5) is 40.2. The van der Waals surface area contributed by atoms with Crippen LogP contribution < -0.4 is 20.7 Å². The van der Waals surface area contributed by atoms with Gasteiger partial charge in [-0.05, 0) is 62.6 Å². The molecule has 0 radical (unpaired) electrons. The molecular weight excluding hydrogens is 444 g/mol. The van der Waals surface area contributed by atoms with Gasteiger partial charge in [0.05, 0.1) is 18.4 Å². The molecule has 2 aromatic carbocycles. The number of hydrogen-bond acceptors (Lipinski definition) is 4. The van der Waals surface area contributed by atoms with Crippen LogP contribution in [0.5, 0.6) is 5.75 Å². The Hall–Kier alpha value is -3.26. The van der Waals surface area contributed by atoms with Crippen LogP contribution in [0.1, 0.15) is 37.0 Å². The van der Waals surface area contributed by atoms with E-state index in [4.69, 9.17) is 16.3 Å². The van der Waals surface area contributed by atoms with E-state index in [1.165, 1.54) is 0 Å². The van der Waals surface area contributed by atoms with Gasteiger partial charge in [-0.15, -0.1) is 0 Å². The van der Waals surface area contributed by atoms with Gasteiger partial charge in [0.15, 0.2) is 0 Å². The summed E-state index contributed by atoms with van der Waals surface area (Å²) in [7, 11) is 1.58. The summed E-state index contributed by atoms with van der Waals surface area (Å²) < 4.78 is 5.46. The summed E-state index contributed by atoms with van der Waals surface area (Å²) in [5.41, 5.74) is 2.39. The van der Waals surface area contributed by atoms with Gasteiger partial charge in [0.2, 0.25) is 5.91 Å². The number of amides is 4.